The minimum atomic E-state index is -3.33. The molecule has 0 saturated heterocycles. The molecule has 0 fully saturated rings. The van der Waals surface area contributed by atoms with Crippen molar-refractivity contribution in [3.05, 3.63) is 34.9 Å². The minimum Gasteiger partial charge on any atom is -0.388 e. The summed E-state index contributed by atoms with van der Waals surface area (Å²) in [7, 11) is -4.20. The van der Waals surface area contributed by atoms with Gasteiger partial charge < -0.3 is 15.7 Å². The first-order chi connectivity index (χ1) is 13.9. The molecule has 1 aromatic heterocycles. The molecule has 0 saturated carbocycles. The lowest BCUT2D eigenvalue weighted by molar-refractivity contribution is 0.0647. The number of hydrogen-bond acceptors (Lipinski definition) is 7. The average Bonchev–Trinajstić information content (AvgIpc) is 2.63. The van der Waals surface area contributed by atoms with E-state index in [1.54, 1.807) is 32.2 Å². The number of rotatable bonds is 10. The molecule has 0 spiro atoms. The summed E-state index contributed by atoms with van der Waals surface area (Å²) < 4.78 is 27.1. The van der Waals surface area contributed by atoms with Gasteiger partial charge in [-0.15, -0.1) is 0 Å². The zero-order valence-corrected chi connectivity index (χ0v) is 20.7. The van der Waals surface area contributed by atoms with Crippen LogP contribution in [0.2, 0.25) is 0 Å². The van der Waals surface area contributed by atoms with E-state index in [0.29, 0.717) is 22.7 Å². The van der Waals surface area contributed by atoms with Crippen molar-refractivity contribution in [1.29, 1.82) is 0 Å². The van der Waals surface area contributed by atoms with E-state index in [0.717, 1.165) is 10.6 Å². The highest BCUT2D eigenvalue weighted by molar-refractivity contribution is 9.10. The number of nitrogens with one attached hydrogen (secondary N) is 3. The Morgan fingerprint density at radius 3 is 2.50 bits per heavy atom. The molecule has 2 atom stereocenters. The normalized spacial score (nSPS) is 14.2. The van der Waals surface area contributed by atoms with Crippen LogP contribution in [0.3, 0.4) is 0 Å². The molecule has 166 valence electrons. The second kappa shape index (κ2) is 10.2. The van der Waals surface area contributed by atoms with Gasteiger partial charge in [0.05, 0.1) is 21.9 Å². The van der Waals surface area contributed by atoms with Gasteiger partial charge in [0.25, 0.3) is 0 Å². The predicted molar refractivity (Wildman–Crippen MR) is 129 cm³/mol. The van der Waals surface area contributed by atoms with Crippen LogP contribution in [0.4, 0.5) is 17.5 Å². The van der Waals surface area contributed by atoms with Gasteiger partial charge in [0.15, 0.2) is 0 Å². The standard InChI is InChI=1S/C19H28BrN5O3S2/c1-6-11-30(27,28)25-29(5)15-9-7-14(8-10-15)23-18-21-12-16(20)17(24-18)22-13(2)19(3,4)26/h7-10,12-13,25-26H,5-6,11H2,1-4H3,(H2,21,22,23,24)/t13-,29?/m1/s1. The summed E-state index contributed by atoms with van der Waals surface area (Å²) >= 11 is 3.41. The van der Waals surface area contributed by atoms with E-state index in [1.165, 1.54) is 0 Å². The molecule has 4 N–H and O–H groups in total. The van der Waals surface area contributed by atoms with Crippen molar-refractivity contribution < 1.29 is 13.5 Å². The molecule has 0 aliphatic heterocycles. The van der Waals surface area contributed by atoms with E-state index in [4.69, 9.17) is 0 Å². The molecule has 2 rings (SSSR count). The third kappa shape index (κ3) is 7.31. The van der Waals surface area contributed by atoms with E-state index in [-0.39, 0.29) is 11.8 Å². The quantitative estimate of drug-likeness (QED) is 0.353. The third-order valence-electron chi connectivity index (χ3n) is 4.25. The highest BCUT2D eigenvalue weighted by Crippen LogP contribution is 2.27. The van der Waals surface area contributed by atoms with Crippen molar-refractivity contribution in [2.75, 3.05) is 16.4 Å². The number of halogens is 1. The summed E-state index contributed by atoms with van der Waals surface area (Å²) in [6, 6.07) is 7.00. The summed E-state index contributed by atoms with van der Waals surface area (Å²) in [4.78, 5) is 9.49. The smallest absolute Gasteiger partial charge is 0.229 e. The summed E-state index contributed by atoms with van der Waals surface area (Å²) in [6.07, 6.45) is 2.17. The van der Waals surface area contributed by atoms with Crippen molar-refractivity contribution in [2.45, 2.75) is 50.7 Å². The molecule has 1 heterocycles. The fraction of sp³-hybridized carbons (Fsp3) is 0.421. The lowest BCUT2D eigenvalue weighted by Crippen LogP contribution is -2.39. The van der Waals surface area contributed by atoms with Crippen LogP contribution in [0, 0.1) is 0 Å². The SMILES string of the molecule is C=S(NS(=O)(=O)CCC)c1ccc(Nc2ncc(Br)c(N[C@H](C)C(C)(C)O)n2)cc1. The molecular formula is C19H28BrN5O3S2. The number of anilines is 3. The first kappa shape index (κ1) is 24.7. The monoisotopic (exact) mass is 517 g/mol. The van der Waals surface area contributed by atoms with Crippen molar-refractivity contribution in [3.63, 3.8) is 0 Å². The van der Waals surface area contributed by atoms with Crippen LogP contribution in [-0.4, -0.2) is 46.8 Å². The van der Waals surface area contributed by atoms with E-state index < -0.39 is 26.3 Å². The molecule has 30 heavy (non-hydrogen) atoms. The highest BCUT2D eigenvalue weighted by Gasteiger charge is 2.23. The van der Waals surface area contributed by atoms with E-state index in [1.807, 2.05) is 26.0 Å². The van der Waals surface area contributed by atoms with Crippen LogP contribution in [0.5, 0.6) is 0 Å². The van der Waals surface area contributed by atoms with Gasteiger partial charge in [-0.25, -0.2) is 13.4 Å². The number of sulfonamides is 1. The molecular weight excluding hydrogens is 490 g/mol. The van der Waals surface area contributed by atoms with Crippen molar-refractivity contribution in [3.8, 4) is 0 Å². The van der Waals surface area contributed by atoms with Crippen LogP contribution in [-0.2, 0) is 10.0 Å². The van der Waals surface area contributed by atoms with E-state index in [2.05, 4.69) is 46.5 Å². The highest BCUT2D eigenvalue weighted by atomic mass is 79.9. The maximum Gasteiger partial charge on any atom is 0.229 e. The molecule has 1 unspecified atom stereocenters. The third-order valence-corrected chi connectivity index (χ3v) is 8.44. The molecule has 0 bridgehead atoms. The predicted octanol–water partition coefficient (Wildman–Crippen LogP) is 3.86. The summed E-state index contributed by atoms with van der Waals surface area (Å²) in [5, 5.41) is 16.4. The van der Waals surface area contributed by atoms with Crippen molar-refractivity contribution in [1.82, 2.24) is 14.1 Å². The largest absolute Gasteiger partial charge is 0.388 e. The number of hydrogen-bond donors (Lipinski definition) is 4. The van der Waals surface area contributed by atoms with Gasteiger partial charge in [-0.3, -0.25) is 0 Å². The Bertz CT molecular complexity index is 992. The zero-order valence-electron chi connectivity index (χ0n) is 17.4. The fourth-order valence-corrected chi connectivity index (χ4v) is 5.51. The molecule has 0 aliphatic carbocycles. The van der Waals surface area contributed by atoms with Gasteiger partial charge in [0.2, 0.25) is 16.0 Å². The molecule has 0 aliphatic rings. The molecule has 8 nitrogen and oxygen atoms in total. The van der Waals surface area contributed by atoms with Gasteiger partial charge in [-0.1, -0.05) is 23.5 Å². The lowest BCUT2D eigenvalue weighted by atomic mass is 10.0. The van der Waals surface area contributed by atoms with Crippen LogP contribution in [0.15, 0.2) is 39.8 Å². The fourth-order valence-electron chi connectivity index (χ4n) is 2.25. The van der Waals surface area contributed by atoms with Crippen LogP contribution in [0.25, 0.3) is 0 Å². The van der Waals surface area contributed by atoms with Crippen molar-refractivity contribution >= 4 is 59.9 Å². The Kier molecular flexibility index (Phi) is 8.40. The van der Waals surface area contributed by atoms with Gasteiger partial charge in [-0.05, 0) is 67.4 Å². The number of aliphatic hydroxyl groups is 1. The first-order valence-electron chi connectivity index (χ1n) is 9.34. The Labute approximate surface area is 189 Å². The minimum absolute atomic E-state index is 0.0784. The average molecular weight is 519 g/mol. The number of aromatic nitrogens is 2. The summed E-state index contributed by atoms with van der Waals surface area (Å²) in [5.74, 6) is 4.94. The lowest BCUT2D eigenvalue weighted by Gasteiger charge is -2.27. The molecule has 2 aromatic rings. The topological polar surface area (TPSA) is 116 Å². The first-order valence-corrected chi connectivity index (χ1v) is 13.2. The maximum atomic E-state index is 11.9. The molecule has 11 heteroatoms. The summed E-state index contributed by atoms with van der Waals surface area (Å²) in [5.41, 5.74) is -0.172. The number of benzene rings is 1. The van der Waals surface area contributed by atoms with Crippen molar-refractivity contribution in [2.24, 2.45) is 0 Å². The van der Waals surface area contributed by atoms with Crippen LogP contribution >= 0.6 is 26.6 Å². The van der Waals surface area contributed by atoms with Crippen LogP contribution < -0.4 is 14.8 Å². The summed E-state index contributed by atoms with van der Waals surface area (Å²) in [6.45, 7) is 7.13. The Morgan fingerprint density at radius 2 is 1.93 bits per heavy atom. The maximum absolute atomic E-state index is 11.9. The van der Waals surface area contributed by atoms with Gasteiger partial charge >= 0.3 is 0 Å². The van der Waals surface area contributed by atoms with Crippen LogP contribution in [0.1, 0.15) is 34.1 Å². The van der Waals surface area contributed by atoms with Gasteiger partial charge in [0.1, 0.15) is 5.82 Å². The molecule has 0 radical (unpaired) electrons. The Morgan fingerprint density at radius 1 is 1.30 bits per heavy atom. The second-order valence-corrected chi connectivity index (χ2v) is 11.8. The zero-order chi connectivity index (χ0) is 22.5. The number of nitrogens with zero attached hydrogens (tertiary/aromatic N) is 2. The molecule has 1 aromatic carbocycles. The van der Waals surface area contributed by atoms with Gasteiger partial charge in [-0.2, -0.15) is 9.11 Å². The van der Waals surface area contributed by atoms with E-state index in [9.17, 15) is 13.5 Å². The van der Waals surface area contributed by atoms with E-state index >= 15 is 0 Å². The molecule has 0 amide bonds. The Hall–Kier alpha value is -1.53. The second-order valence-electron chi connectivity index (χ2n) is 7.35. The van der Waals surface area contributed by atoms with Gasteiger partial charge in [0, 0.05) is 16.8 Å². The Balaban J connectivity index is 2.10.